The highest BCUT2D eigenvalue weighted by Gasteiger charge is 2.26. The number of hydrogen-bond donors (Lipinski definition) is 0. The maximum absolute atomic E-state index is 12.9. The lowest BCUT2D eigenvalue weighted by Gasteiger charge is -2.31. The van der Waals surface area contributed by atoms with Crippen molar-refractivity contribution in [1.29, 1.82) is 0 Å². The molecule has 8 nitrogen and oxygen atoms in total. The normalized spacial score (nSPS) is 18.2. The van der Waals surface area contributed by atoms with Crippen LogP contribution >= 0.6 is 0 Å². The van der Waals surface area contributed by atoms with E-state index in [1.54, 1.807) is 7.11 Å². The van der Waals surface area contributed by atoms with Crippen LogP contribution in [0.15, 0.2) is 22.7 Å². The molecule has 2 aliphatic heterocycles. The minimum absolute atomic E-state index is 0.0457. The number of methoxy groups -OCH3 is 1. The maximum Gasteiger partial charge on any atom is 0.257 e. The molecule has 0 atom stereocenters. The van der Waals surface area contributed by atoms with Gasteiger partial charge in [0.2, 0.25) is 5.89 Å². The molecular formula is C21H28N4O4. The molecule has 1 amide bonds. The standard InChI is InChI=1S/C21H28N4O4/c1-15-22-20(29-23-15)14-24-11-7-16(8-12-24)28-19-13-17(27-2)5-6-18(19)21(26)25-9-3-4-10-25/h5-6,13,16H,3-4,7-12,14H2,1-2H3. The summed E-state index contributed by atoms with van der Waals surface area (Å²) in [5.74, 6) is 2.67. The number of ether oxygens (including phenoxy) is 2. The van der Waals surface area contributed by atoms with E-state index in [1.807, 2.05) is 30.0 Å². The van der Waals surface area contributed by atoms with Crippen molar-refractivity contribution in [2.75, 3.05) is 33.3 Å². The molecule has 0 N–H and O–H groups in total. The Bertz CT molecular complexity index is 839. The lowest BCUT2D eigenvalue weighted by molar-refractivity contribution is 0.0756. The van der Waals surface area contributed by atoms with E-state index in [2.05, 4.69) is 15.0 Å². The highest BCUT2D eigenvalue weighted by molar-refractivity contribution is 5.97. The first-order valence-electron chi connectivity index (χ1n) is 10.3. The van der Waals surface area contributed by atoms with Gasteiger partial charge in [0.25, 0.3) is 5.91 Å². The van der Waals surface area contributed by atoms with Gasteiger partial charge in [0.05, 0.1) is 19.2 Å². The molecule has 2 saturated heterocycles. The Hall–Kier alpha value is -2.61. The molecule has 1 aromatic carbocycles. The molecule has 8 heteroatoms. The van der Waals surface area contributed by atoms with E-state index in [4.69, 9.17) is 14.0 Å². The topological polar surface area (TPSA) is 80.9 Å². The van der Waals surface area contributed by atoms with E-state index < -0.39 is 0 Å². The van der Waals surface area contributed by atoms with Gasteiger partial charge in [0.15, 0.2) is 5.82 Å². The predicted molar refractivity (Wildman–Crippen MR) is 106 cm³/mol. The van der Waals surface area contributed by atoms with Crippen LogP contribution in [0.1, 0.15) is 47.8 Å². The third-order valence-corrected chi connectivity index (χ3v) is 5.57. The second kappa shape index (κ2) is 8.82. The van der Waals surface area contributed by atoms with E-state index in [0.29, 0.717) is 35.3 Å². The van der Waals surface area contributed by atoms with Gasteiger partial charge in [-0.25, -0.2) is 0 Å². The third-order valence-electron chi connectivity index (χ3n) is 5.57. The summed E-state index contributed by atoms with van der Waals surface area (Å²) in [6.45, 7) is 5.88. The van der Waals surface area contributed by atoms with Gasteiger partial charge < -0.3 is 18.9 Å². The summed E-state index contributed by atoms with van der Waals surface area (Å²) in [5.41, 5.74) is 0.622. The van der Waals surface area contributed by atoms with E-state index in [9.17, 15) is 4.79 Å². The second-order valence-electron chi connectivity index (χ2n) is 7.69. The summed E-state index contributed by atoms with van der Waals surface area (Å²) < 4.78 is 16.9. The highest BCUT2D eigenvalue weighted by Crippen LogP contribution is 2.30. The fourth-order valence-corrected chi connectivity index (χ4v) is 3.95. The fourth-order valence-electron chi connectivity index (χ4n) is 3.95. The van der Waals surface area contributed by atoms with Crippen LogP contribution < -0.4 is 9.47 Å². The average Bonchev–Trinajstić information content (AvgIpc) is 3.41. The Balaban J connectivity index is 1.40. The van der Waals surface area contributed by atoms with Crippen LogP contribution in [0.3, 0.4) is 0 Å². The van der Waals surface area contributed by atoms with Crippen molar-refractivity contribution in [3.8, 4) is 11.5 Å². The third kappa shape index (κ3) is 4.70. The first-order valence-corrected chi connectivity index (χ1v) is 10.3. The molecule has 4 rings (SSSR count). The number of piperidine rings is 1. The van der Waals surface area contributed by atoms with Gasteiger partial charge in [0.1, 0.15) is 17.6 Å². The Morgan fingerprint density at radius 1 is 1.21 bits per heavy atom. The number of likely N-dealkylation sites (tertiary alicyclic amines) is 2. The molecule has 0 spiro atoms. The van der Waals surface area contributed by atoms with Gasteiger partial charge in [-0.15, -0.1) is 0 Å². The number of amides is 1. The Kier molecular flexibility index (Phi) is 5.99. The molecule has 0 aliphatic carbocycles. The van der Waals surface area contributed by atoms with Crippen molar-refractivity contribution in [3.63, 3.8) is 0 Å². The van der Waals surface area contributed by atoms with Gasteiger partial charge in [-0.05, 0) is 44.7 Å². The SMILES string of the molecule is COc1ccc(C(=O)N2CCCC2)c(OC2CCN(Cc3nc(C)no3)CC2)c1. The molecular weight excluding hydrogens is 372 g/mol. The predicted octanol–water partition coefficient (Wildman–Crippen LogP) is 2.67. The minimum Gasteiger partial charge on any atom is -0.497 e. The summed E-state index contributed by atoms with van der Waals surface area (Å²) in [6.07, 6.45) is 3.95. The smallest absolute Gasteiger partial charge is 0.257 e. The fraction of sp³-hybridized carbons (Fsp3) is 0.571. The van der Waals surface area contributed by atoms with Crippen molar-refractivity contribution in [3.05, 3.63) is 35.5 Å². The number of aromatic nitrogens is 2. The molecule has 156 valence electrons. The second-order valence-corrected chi connectivity index (χ2v) is 7.69. The summed E-state index contributed by atoms with van der Waals surface area (Å²) in [5, 5.41) is 3.84. The van der Waals surface area contributed by atoms with Crippen molar-refractivity contribution < 1.29 is 18.8 Å². The first-order chi connectivity index (χ1) is 14.1. The monoisotopic (exact) mass is 400 g/mol. The van der Waals surface area contributed by atoms with Crippen molar-refractivity contribution in [1.82, 2.24) is 19.9 Å². The Labute approximate surface area is 170 Å². The van der Waals surface area contributed by atoms with E-state index in [0.717, 1.165) is 51.9 Å². The minimum atomic E-state index is 0.0457. The highest BCUT2D eigenvalue weighted by atomic mass is 16.5. The number of hydrogen-bond acceptors (Lipinski definition) is 7. The molecule has 0 unspecified atom stereocenters. The number of carbonyl (C=O) groups excluding carboxylic acids is 1. The lowest BCUT2D eigenvalue weighted by atomic mass is 10.1. The molecule has 29 heavy (non-hydrogen) atoms. The van der Waals surface area contributed by atoms with Gasteiger partial charge in [-0.2, -0.15) is 4.98 Å². The number of nitrogens with zero attached hydrogens (tertiary/aromatic N) is 4. The van der Waals surface area contributed by atoms with Gasteiger partial charge in [-0.1, -0.05) is 5.16 Å². The average molecular weight is 400 g/mol. The molecule has 1 aromatic heterocycles. The van der Waals surface area contributed by atoms with Crippen LogP contribution in [-0.4, -0.2) is 65.2 Å². The number of carbonyl (C=O) groups is 1. The molecule has 0 saturated carbocycles. The van der Waals surface area contributed by atoms with Crippen LogP contribution in [0, 0.1) is 6.92 Å². The largest absolute Gasteiger partial charge is 0.497 e. The molecule has 0 radical (unpaired) electrons. The zero-order valence-electron chi connectivity index (χ0n) is 17.1. The van der Waals surface area contributed by atoms with E-state index in [1.165, 1.54) is 0 Å². The van der Waals surface area contributed by atoms with Crippen LogP contribution in [0.4, 0.5) is 0 Å². The van der Waals surface area contributed by atoms with E-state index >= 15 is 0 Å². The maximum atomic E-state index is 12.9. The van der Waals surface area contributed by atoms with Crippen LogP contribution in [-0.2, 0) is 6.54 Å². The number of benzene rings is 1. The quantitative estimate of drug-likeness (QED) is 0.737. The molecule has 2 aliphatic rings. The van der Waals surface area contributed by atoms with Crippen molar-refractivity contribution in [2.45, 2.75) is 45.3 Å². The van der Waals surface area contributed by atoms with Crippen LogP contribution in [0.5, 0.6) is 11.5 Å². The van der Waals surface area contributed by atoms with Gasteiger partial charge >= 0.3 is 0 Å². The zero-order chi connectivity index (χ0) is 20.2. The molecule has 2 aromatic rings. The number of rotatable bonds is 6. The van der Waals surface area contributed by atoms with Crippen molar-refractivity contribution in [2.24, 2.45) is 0 Å². The Morgan fingerprint density at radius 2 is 1.97 bits per heavy atom. The summed E-state index contributed by atoms with van der Waals surface area (Å²) >= 11 is 0. The van der Waals surface area contributed by atoms with Crippen molar-refractivity contribution >= 4 is 5.91 Å². The summed E-state index contributed by atoms with van der Waals surface area (Å²) in [7, 11) is 1.62. The van der Waals surface area contributed by atoms with Crippen LogP contribution in [0.25, 0.3) is 0 Å². The summed E-state index contributed by atoms with van der Waals surface area (Å²) in [6, 6.07) is 5.48. The van der Waals surface area contributed by atoms with Gasteiger partial charge in [-0.3, -0.25) is 9.69 Å². The Morgan fingerprint density at radius 3 is 2.62 bits per heavy atom. The molecule has 2 fully saturated rings. The molecule has 0 bridgehead atoms. The number of aryl methyl sites for hydroxylation is 1. The van der Waals surface area contributed by atoms with Gasteiger partial charge in [0, 0.05) is 32.2 Å². The zero-order valence-corrected chi connectivity index (χ0v) is 17.1. The first kappa shape index (κ1) is 19.7. The summed E-state index contributed by atoms with van der Waals surface area (Å²) in [4.78, 5) is 21.4. The van der Waals surface area contributed by atoms with Crippen LogP contribution in [0.2, 0.25) is 0 Å². The van der Waals surface area contributed by atoms with E-state index in [-0.39, 0.29) is 12.0 Å². The molecule has 3 heterocycles. The lowest BCUT2D eigenvalue weighted by Crippen LogP contribution is -2.38.